The van der Waals surface area contributed by atoms with E-state index in [9.17, 15) is 9.18 Å². The number of anilines is 1. The Morgan fingerprint density at radius 1 is 1.42 bits per heavy atom. The Morgan fingerprint density at radius 3 is 2.79 bits per heavy atom. The zero-order valence-electron chi connectivity index (χ0n) is 9.88. The van der Waals surface area contributed by atoms with E-state index in [4.69, 9.17) is 11.6 Å². The van der Waals surface area contributed by atoms with Gasteiger partial charge in [0, 0.05) is 15.5 Å². The van der Waals surface area contributed by atoms with E-state index in [2.05, 4.69) is 10.3 Å². The van der Waals surface area contributed by atoms with Crippen molar-refractivity contribution in [2.75, 3.05) is 5.32 Å². The zero-order chi connectivity index (χ0) is 14.0. The van der Waals surface area contributed by atoms with E-state index in [1.165, 1.54) is 24.4 Å². The average Bonchev–Trinajstić information content (AvgIpc) is 2.32. The topological polar surface area (TPSA) is 42.0 Å². The van der Waals surface area contributed by atoms with Crippen LogP contribution >= 0.6 is 34.2 Å². The van der Waals surface area contributed by atoms with E-state index in [-0.39, 0.29) is 17.3 Å². The normalized spacial score (nSPS) is 10.3. The van der Waals surface area contributed by atoms with Gasteiger partial charge in [-0.1, -0.05) is 11.6 Å². The van der Waals surface area contributed by atoms with Crippen molar-refractivity contribution in [1.29, 1.82) is 0 Å². The van der Waals surface area contributed by atoms with E-state index in [1.54, 1.807) is 13.0 Å². The molecule has 1 amide bonds. The highest BCUT2D eigenvalue weighted by molar-refractivity contribution is 14.1. The van der Waals surface area contributed by atoms with Crippen molar-refractivity contribution >= 4 is 45.8 Å². The fraction of sp³-hybridized carbons (Fsp3) is 0.0769. The summed E-state index contributed by atoms with van der Waals surface area (Å²) >= 11 is 7.94. The number of carbonyl (C=O) groups excluding carboxylic acids is 1. The number of benzene rings is 1. The molecule has 0 aliphatic heterocycles. The molecule has 0 unspecified atom stereocenters. The summed E-state index contributed by atoms with van der Waals surface area (Å²) in [5.41, 5.74) is 1.55. The smallest absolute Gasteiger partial charge is 0.258 e. The molecule has 0 bridgehead atoms. The van der Waals surface area contributed by atoms with Gasteiger partial charge in [0.1, 0.15) is 5.82 Å². The third kappa shape index (κ3) is 3.42. The van der Waals surface area contributed by atoms with Crippen molar-refractivity contribution < 1.29 is 9.18 Å². The molecule has 98 valence electrons. The molecule has 2 aromatic rings. The molecule has 1 aromatic heterocycles. The van der Waals surface area contributed by atoms with Gasteiger partial charge in [0.2, 0.25) is 0 Å². The molecule has 0 fully saturated rings. The third-order valence-electron chi connectivity index (χ3n) is 2.41. The Kier molecular flexibility index (Phi) is 4.36. The van der Waals surface area contributed by atoms with Crippen molar-refractivity contribution in [3.63, 3.8) is 0 Å². The number of hydrogen-bond donors (Lipinski definition) is 1. The van der Waals surface area contributed by atoms with Crippen molar-refractivity contribution in [2.24, 2.45) is 0 Å². The molecule has 0 spiro atoms. The molecule has 0 saturated heterocycles. The lowest BCUT2D eigenvalue weighted by Crippen LogP contribution is -2.14. The van der Waals surface area contributed by atoms with Gasteiger partial charge in [-0.3, -0.25) is 9.78 Å². The van der Waals surface area contributed by atoms with Crippen LogP contribution in [0, 0.1) is 16.3 Å². The molecular formula is C13H9ClFIN2O. The highest BCUT2D eigenvalue weighted by Crippen LogP contribution is 2.22. The molecule has 19 heavy (non-hydrogen) atoms. The summed E-state index contributed by atoms with van der Waals surface area (Å²) in [5, 5.41) is 3.01. The van der Waals surface area contributed by atoms with Crippen LogP contribution in [0.1, 0.15) is 16.1 Å². The highest BCUT2D eigenvalue weighted by atomic mass is 127. The predicted molar refractivity (Wildman–Crippen MR) is 81.1 cm³/mol. The number of amides is 1. The van der Waals surface area contributed by atoms with E-state index in [0.717, 1.165) is 5.69 Å². The fourth-order valence-electron chi connectivity index (χ4n) is 1.47. The summed E-state index contributed by atoms with van der Waals surface area (Å²) in [6, 6.07) is 5.74. The van der Waals surface area contributed by atoms with Gasteiger partial charge < -0.3 is 5.32 Å². The number of aryl methyl sites for hydroxylation is 1. The molecule has 1 N–H and O–H groups in total. The predicted octanol–water partition coefficient (Wildman–Crippen LogP) is 4.04. The second-order valence-electron chi connectivity index (χ2n) is 3.88. The SMILES string of the molecule is Cc1cc(Cl)c(C(=O)Nc2ccc(F)cc2I)cn1. The Hall–Kier alpha value is -1.21. The monoisotopic (exact) mass is 390 g/mol. The molecule has 1 heterocycles. The van der Waals surface area contributed by atoms with Crippen LogP contribution in [0.5, 0.6) is 0 Å². The summed E-state index contributed by atoms with van der Waals surface area (Å²) in [7, 11) is 0. The lowest BCUT2D eigenvalue weighted by molar-refractivity contribution is 0.102. The zero-order valence-corrected chi connectivity index (χ0v) is 12.8. The summed E-state index contributed by atoms with van der Waals surface area (Å²) < 4.78 is 13.6. The maximum absolute atomic E-state index is 13.0. The molecule has 0 saturated carbocycles. The van der Waals surface area contributed by atoms with Crippen molar-refractivity contribution in [3.05, 3.63) is 56.1 Å². The van der Waals surface area contributed by atoms with Crippen LogP contribution in [0.25, 0.3) is 0 Å². The van der Waals surface area contributed by atoms with E-state index >= 15 is 0 Å². The minimum Gasteiger partial charge on any atom is -0.321 e. The summed E-state index contributed by atoms with van der Waals surface area (Å²) in [6.45, 7) is 1.79. The first-order valence-electron chi connectivity index (χ1n) is 5.36. The molecule has 6 heteroatoms. The van der Waals surface area contributed by atoms with Gasteiger partial charge in [-0.15, -0.1) is 0 Å². The Labute approximate surface area is 128 Å². The lowest BCUT2D eigenvalue weighted by Gasteiger charge is -2.08. The Morgan fingerprint density at radius 2 is 2.16 bits per heavy atom. The molecule has 1 aromatic carbocycles. The quantitative estimate of drug-likeness (QED) is 0.787. The number of nitrogens with zero attached hydrogens (tertiary/aromatic N) is 1. The largest absolute Gasteiger partial charge is 0.321 e. The van der Waals surface area contributed by atoms with Crippen LogP contribution in [0.3, 0.4) is 0 Å². The standard InChI is InChI=1S/C13H9ClFIN2O/c1-7-4-10(14)9(6-17-7)13(19)18-12-3-2-8(15)5-11(12)16/h2-6H,1H3,(H,18,19). The lowest BCUT2D eigenvalue weighted by atomic mass is 10.2. The van der Waals surface area contributed by atoms with Gasteiger partial charge in [0.05, 0.1) is 16.3 Å². The van der Waals surface area contributed by atoms with Crippen LogP contribution < -0.4 is 5.32 Å². The Balaban J connectivity index is 2.25. The van der Waals surface area contributed by atoms with Crippen LogP contribution in [-0.4, -0.2) is 10.9 Å². The highest BCUT2D eigenvalue weighted by Gasteiger charge is 2.13. The number of carbonyl (C=O) groups is 1. The van der Waals surface area contributed by atoms with Gasteiger partial charge in [-0.2, -0.15) is 0 Å². The first-order valence-corrected chi connectivity index (χ1v) is 6.81. The van der Waals surface area contributed by atoms with Gasteiger partial charge in [0.25, 0.3) is 5.91 Å². The molecule has 0 atom stereocenters. The Bertz CT molecular complexity index is 649. The van der Waals surface area contributed by atoms with E-state index < -0.39 is 0 Å². The first-order chi connectivity index (χ1) is 8.97. The minimum atomic E-state index is -0.373. The molecule has 3 nitrogen and oxygen atoms in total. The van der Waals surface area contributed by atoms with E-state index in [1.807, 2.05) is 22.6 Å². The van der Waals surface area contributed by atoms with Crippen LogP contribution in [-0.2, 0) is 0 Å². The van der Waals surface area contributed by atoms with Crippen LogP contribution in [0.15, 0.2) is 30.5 Å². The van der Waals surface area contributed by atoms with Gasteiger partial charge in [0.15, 0.2) is 0 Å². The van der Waals surface area contributed by atoms with Crippen molar-refractivity contribution in [3.8, 4) is 0 Å². The number of aromatic nitrogens is 1. The second-order valence-corrected chi connectivity index (χ2v) is 5.45. The van der Waals surface area contributed by atoms with Crippen molar-refractivity contribution in [2.45, 2.75) is 6.92 Å². The third-order valence-corrected chi connectivity index (χ3v) is 3.62. The molecule has 0 radical (unpaired) electrons. The fourth-order valence-corrected chi connectivity index (χ4v) is 2.38. The number of nitrogens with one attached hydrogen (secondary N) is 1. The summed E-state index contributed by atoms with van der Waals surface area (Å²) in [6.07, 6.45) is 1.42. The summed E-state index contributed by atoms with van der Waals surface area (Å²) in [5.74, 6) is -0.723. The maximum Gasteiger partial charge on any atom is 0.258 e. The molecular weight excluding hydrogens is 382 g/mol. The van der Waals surface area contributed by atoms with Gasteiger partial charge in [-0.25, -0.2) is 4.39 Å². The number of halogens is 3. The average molecular weight is 391 g/mol. The first kappa shape index (κ1) is 14.2. The number of hydrogen-bond acceptors (Lipinski definition) is 2. The minimum absolute atomic E-state index is 0.285. The summed E-state index contributed by atoms with van der Waals surface area (Å²) in [4.78, 5) is 16.1. The van der Waals surface area contributed by atoms with E-state index in [0.29, 0.717) is 14.3 Å². The van der Waals surface area contributed by atoms with Gasteiger partial charge in [-0.05, 0) is 53.8 Å². The van der Waals surface area contributed by atoms with Crippen LogP contribution in [0.4, 0.5) is 10.1 Å². The molecule has 0 aliphatic carbocycles. The van der Waals surface area contributed by atoms with Crippen LogP contribution in [0.2, 0.25) is 5.02 Å². The molecule has 2 rings (SSSR count). The number of pyridine rings is 1. The molecule has 0 aliphatic rings. The van der Waals surface area contributed by atoms with Gasteiger partial charge >= 0.3 is 0 Å². The number of rotatable bonds is 2. The second kappa shape index (κ2) is 5.83. The van der Waals surface area contributed by atoms with Crippen molar-refractivity contribution in [1.82, 2.24) is 4.98 Å². The maximum atomic E-state index is 13.0.